The van der Waals surface area contributed by atoms with Gasteiger partial charge in [0.25, 0.3) is 0 Å². The van der Waals surface area contributed by atoms with Gasteiger partial charge in [0, 0.05) is 25.3 Å². The third-order valence-corrected chi connectivity index (χ3v) is 4.81. The Bertz CT molecular complexity index is 655. The molecule has 1 heterocycles. The van der Waals surface area contributed by atoms with Crippen molar-refractivity contribution >= 4 is 21.7 Å². The van der Waals surface area contributed by atoms with Gasteiger partial charge in [-0.25, -0.2) is 13.2 Å². The molecule has 1 saturated heterocycles. The highest BCUT2D eigenvalue weighted by Crippen LogP contribution is 2.13. The van der Waals surface area contributed by atoms with Crippen LogP contribution in [0.25, 0.3) is 0 Å². The van der Waals surface area contributed by atoms with Gasteiger partial charge >= 0.3 is 6.03 Å². The minimum atomic E-state index is -3.23. The van der Waals surface area contributed by atoms with Crippen molar-refractivity contribution in [1.82, 2.24) is 9.62 Å². The zero-order chi connectivity index (χ0) is 17.0. The van der Waals surface area contributed by atoms with Crippen molar-refractivity contribution in [3.05, 3.63) is 29.3 Å². The summed E-state index contributed by atoms with van der Waals surface area (Å²) in [5.41, 5.74) is 2.86. The fourth-order valence-electron chi connectivity index (χ4n) is 2.55. The lowest BCUT2D eigenvalue weighted by Crippen LogP contribution is -2.49. The minimum absolute atomic E-state index is 0.253. The number of carbonyl (C=O) groups excluding carboxylic acids is 1. The van der Waals surface area contributed by atoms with Gasteiger partial charge in [-0.15, -0.1) is 0 Å². The molecule has 0 aliphatic carbocycles. The van der Waals surface area contributed by atoms with Crippen LogP contribution in [0.1, 0.15) is 11.1 Å². The molecule has 2 rings (SSSR count). The van der Waals surface area contributed by atoms with E-state index in [0.29, 0.717) is 13.2 Å². The van der Waals surface area contributed by atoms with Gasteiger partial charge in [0.1, 0.15) is 0 Å². The van der Waals surface area contributed by atoms with E-state index < -0.39 is 10.0 Å². The topological polar surface area (TPSA) is 87.7 Å². The molecule has 0 aromatic heterocycles. The number of ether oxygens (including phenoxy) is 1. The zero-order valence-electron chi connectivity index (χ0n) is 13.6. The van der Waals surface area contributed by atoms with E-state index in [1.54, 1.807) is 0 Å². The number of benzene rings is 1. The molecule has 1 aromatic rings. The van der Waals surface area contributed by atoms with Gasteiger partial charge in [0.05, 0.1) is 19.0 Å². The van der Waals surface area contributed by atoms with Gasteiger partial charge < -0.3 is 15.4 Å². The standard InChI is InChI=1S/C15H23N3O4S/c1-11-6-12(2)8-13(7-11)17-15(19)16-9-14-10-18(4-5-22-14)23(3,20)21/h6-8,14H,4-5,9-10H2,1-3H3,(H2,16,17,19). The number of sulfonamides is 1. The average Bonchev–Trinajstić information content (AvgIpc) is 2.43. The van der Waals surface area contributed by atoms with E-state index in [1.807, 2.05) is 32.0 Å². The molecule has 0 radical (unpaired) electrons. The van der Waals surface area contributed by atoms with Crippen LogP contribution in [0.2, 0.25) is 0 Å². The van der Waals surface area contributed by atoms with Gasteiger partial charge in [0.2, 0.25) is 10.0 Å². The fourth-order valence-corrected chi connectivity index (χ4v) is 3.39. The summed E-state index contributed by atoms with van der Waals surface area (Å²) in [4.78, 5) is 11.9. The van der Waals surface area contributed by atoms with Crippen LogP contribution >= 0.6 is 0 Å². The monoisotopic (exact) mass is 341 g/mol. The number of morpholine rings is 1. The van der Waals surface area contributed by atoms with E-state index in [4.69, 9.17) is 4.74 Å². The van der Waals surface area contributed by atoms with Crippen LogP contribution in [0.15, 0.2) is 18.2 Å². The highest BCUT2D eigenvalue weighted by molar-refractivity contribution is 7.88. The molecule has 1 unspecified atom stereocenters. The largest absolute Gasteiger partial charge is 0.374 e. The summed E-state index contributed by atoms with van der Waals surface area (Å²) in [6.45, 7) is 5.12. The molecule has 1 aromatic carbocycles. The Morgan fingerprint density at radius 1 is 1.30 bits per heavy atom. The molecular formula is C15H23N3O4S. The van der Waals surface area contributed by atoms with Crippen LogP contribution in [-0.2, 0) is 14.8 Å². The molecule has 0 bridgehead atoms. The van der Waals surface area contributed by atoms with Crippen molar-refractivity contribution in [2.75, 3.05) is 37.8 Å². The predicted molar refractivity (Wildman–Crippen MR) is 89.1 cm³/mol. The van der Waals surface area contributed by atoms with Crippen molar-refractivity contribution in [2.45, 2.75) is 20.0 Å². The minimum Gasteiger partial charge on any atom is -0.374 e. The summed E-state index contributed by atoms with van der Waals surface area (Å²) in [7, 11) is -3.23. The Labute approximate surface area is 137 Å². The van der Waals surface area contributed by atoms with Crippen LogP contribution in [-0.4, -0.2) is 57.4 Å². The number of hydrogen-bond acceptors (Lipinski definition) is 4. The number of amides is 2. The van der Waals surface area contributed by atoms with Gasteiger partial charge in [-0.2, -0.15) is 4.31 Å². The average molecular weight is 341 g/mol. The van der Waals surface area contributed by atoms with Crippen LogP contribution in [0.4, 0.5) is 10.5 Å². The van der Waals surface area contributed by atoms with Crippen LogP contribution in [0, 0.1) is 13.8 Å². The first-order valence-corrected chi connectivity index (χ1v) is 9.29. The fraction of sp³-hybridized carbons (Fsp3) is 0.533. The molecule has 2 amide bonds. The summed E-state index contributed by atoms with van der Waals surface area (Å²) in [5.74, 6) is 0. The highest BCUT2D eigenvalue weighted by atomic mass is 32.2. The molecule has 1 atom stereocenters. The number of aryl methyl sites for hydroxylation is 2. The maximum absolute atomic E-state index is 11.9. The lowest BCUT2D eigenvalue weighted by molar-refractivity contribution is 0.00167. The number of nitrogens with one attached hydrogen (secondary N) is 2. The molecular weight excluding hydrogens is 318 g/mol. The molecule has 7 nitrogen and oxygen atoms in total. The Morgan fingerprint density at radius 2 is 1.96 bits per heavy atom. The first-order valence-electron chi connectivity index (χ1n) is 7.44. The van der Waals surface area contributed by atoms with E-state index in [1.165, 1.54) is 10.6 Å². The van der Waals surface area contributed by atoms with E-state index in [-0.39, 0.29) is 25.2 Å². The number of anilines is 1. The van der Waals surface area contributed by atoms with Crippen molar-refractivity contribution in [1.29, 1.82) is 0 Å². The Balaban J connectivity index is 1.84. The molecule has 1 aliphatic heterocycles. The van der Waals surface area contributed by atoms with Crippen LogP contribution in [0.3, 0.4) is 0 Å². The van der Waals surface area contributed by atoms with E-state index in [0.717, 1.165) is 16.8 Å². The molecule has 1 aliphatic rings. The van der Waals surface area contributed by atoms with Crippen molar-refractivity contribution < 1.29 is 17.9 Å². The van der Waals surface area contributed by atoms with E-state index in [9.17, 15) is 13.2 Å². The lowest BCUT2D eigenvalue weighted by Gasteiger charge is -2.31. The molecule has 128 valence electrons. The van der Waals surface area contributed by atoms with Crippen molar-refractivity contribution in [3.63, 3.8) is 0 Å². The quantitative estimate of drug-likeness (QED) is 0.858. The molecule has 0 spiro atoms. The first kappa shape index (κ1) is 17.7. The summed E-state index contributed by atoms with van der Waals surface area (Å²) < 4.78 is 30.0. The lowest BCUT2D eigenvalue weighted by atomic mass is 10.1. The Kier molecular flexibility index (Phi) is 5.61. The molecule has 0 saturated carbocycles. The Morgan fingerprint density at radius 3 is 2.57 bits per heavy atom. The van der Waals surface area contributed by atoms with E-state index in [2.05, 4.69) is 10.6 Å². The highest BCUT2D eigenvalue weighted by Gasteiger charge is 2.26. The summed E-state index contributed by atoms with van der Waals surface area (Å²) >= 11 is 0. The summed E-state index contributed by atoms with van der Waals surface area (Å²) in [6.07, 6.45) is 0.832. The maximum Gasteiger partial charge on any atom is 0.319 e. The Hall–Kier alpha value is -1.64. The van der Waals surface area contributed by atoms with E-state index >= 15 is 0 Å². The third-order valence-electron chi connectivity index (χ3n) is 3.54. The second kappa shape index (κ2) is 7.29. The van der Waals surface area contributed by atoms with Crippen LogP contribution < -0.4 is 10.6 Å². The molecule has 2 N–H and O–H groups in total. The third kappa shape index (κ3) is 5.49. The zero-order valence-corrected chi connectivity index (χ0v) is 14.4. The van der Waals surface area contributed by atoms with Crippen molar-refractivity contribution in [2.24, 2.45) is 0 Å². The molecule has 8 heteroatoms. The van der Waals surface area contributed by atoms with Gasteiger partial charge in [-0.3, -0.25) is 0 Å². The number of carbonyl (C=O) groups is 1. The summed E-state index contributed by atoms with van der Waals surface area (Å²) in [6, 6.07) is 5.46. The number of hydrogen-bond donors (Lipinski definition) is 2. The van der Waals surface area contributed by atoms with Gasteiger partial charge in [0.15, 0.2) is 0 Å². The van der Waals surface area contributed by atoms with Gasteiger partial charge in [-0.05, 0) is 37.1 Å². The molecule has 1 fully saturated rings. The van der Waals surface area contributed by atoms with Crippen molar-refractivity contribution in [3.8, 4) is 0 Å². The van der Waals surface area contributed by atoms with Crippen LogP contribution in [0.5, 0.6) is 0 Å². The second-order valence-electron chi connectivity index (χ2n) is 5.83. The summed E-state index contributed by atoms with van der Waals surface area (Å²) in [5, 5.41) is 5.48. The second-order valence-corrected chi connectivity index (χ2v) is 7.81. The first-order chi connectivity index (χ1) is 10.7. The van der Waals surface area contributed by atoms with Gasteiger partial charge in [-0.1, -0.05) is 6.07 Å². The SMILES string of the molecule is Cc1cc(C)cc(NC(=O)NCC2CN(S(C)(=O)=O)CCO2)c1. The number of nitrogens with zero attached hydrogens (tertiary/aromatic N) is 1. The normalized spacial score (nSPS) is 19.3. The smallest absolute Gasteiger partial charge is 0.319 e. The maximum atomic E-state index is 11.9. The predicted octanol–water partition coefficient (Wildman–Crippen LogP) is 1.09. The number of rotatable bonds is 4. The number of urea groups is 1. The molecule has 23 heavy (non-hydrogen) atoms.